The molecule has 0 fully saturated rings. The molecule has 2 aromatic rings. The van der Waals surface area contributed by atoms with Gasteiger partial charge in [0.1, 0.15) is 0 Å². The van der Waals surface area contributed by atoms with E-state index in [4.69, 9.17) is 0 Å². The zero-order chi connectivity index (χ0) is 7.52. The third-order valence-electron chi connectivity index (χ3n) is 1.13. The maximum atomic E-state index is 4.53. The van der Waals surface area contributed by atoms with Crippen LogP contribution in [0.15, 0.2) is 29.4 Å². The van der Waals surface area contributed by atoms with E-state index in [1.807, 2.05) is 0 Å². The average molecular weight is 148 g/mol. The summed E-state index contributed by atoms with van der Waals surface area (Å²) >= 11 is 0. The second kappa shape index (κ2) is 2.45. The molecule has 0 N–H and O–H groups in total. The zero-order valence-electron chi connectivity index (χ0n) is 5.51. The molecule has 0 amide bonds. The zero-order valence-corrected chi connectivity index (χ0v) is 5.51. The Morgan fingerprint density at radius 2 is 1.82 bits per heavy atom. The van der Waals surface area contributed by atoms with Gasteiger partial charge in [-0.2, -0.15) is 4.98 Å². The smallest absolute Gasteiger partial charge is 0.239 e. The molecular formula is C6H4N4O. The Kier molecular flexibility index (Phi) is 1.33. The largest absolute Gasteiger partial charge is 0.342 e. The highest BCUT2D eigenvalue weighted by atomic mass is 16.5. The lowest BCUT2D eigenvalue weighted by Gasteiger charge is -1.87. The van der Waals surface area contributed by atoms with Crippen molar-refractivity contribution in [3.05, 3.63) is 24.9 Å². The molecule has 0 aromatic carbocycles. The van der Waals surface area contributed by atoms with Crippen molar-refractivity contribution in [1.29, 1.82) is 0 Å². The van der Waals surface area contributed by atoms with E-state index in [0.29, 0.717) is 11.6 Å². The van der Waals surface area contributed by atoms with Crippen LogP contribution in [0.4, 0.5) is 0 Å². The molecule has 54 valence electrons. The van der Waals surface area contributed by atoms with Crippen LogP contribution in [0.3, 0.4) is 0 Å². The van der Waals surface area contributed by atoms with E-state index in [1.54, 1.807) is 18.5 Å². The molecule has 0 radical (unpaired) electrons. The summed E-state index contributed by atoms with van der Waals surface area (Å²) in [6, 6.07) is 1.73. The first-order chi connectivity index (χ1) is 5.47. The van der Waals surface area contributed by atoms with Crippen LogP contribution >= 0.6 is 0 Å². The second-order valence-corrected chi connectivity index (χ2v) is 1.83. The van der Waals surface area contributed by atoms with Crippen molar-refractivity contribution < 1.29 is 4.52 Å². The first-order valence-electron chi connectivity index (χ1n) is 3.00. The highest BCUT2D eigenvalue weighted by Gasteiger charge is 2.02. The SMILES string of the molecule is c1cnc(-c2ncon2)nc1. The summed E-state index contributed by atoms with van der Waals surface area (Å²) in [6.45, 7) is 0. The summed E-state index contributed by atoms with van der Waals surface area (Å²) < 4.78 is 4.53. The van der Waals surface area contributed by atoms with E-state index in [1.165, 1.54) is 6.39 Å². The van der Waals surface area contributed by atoms with Crippen molar-refractivity contribution in [3.63, 3.8) is 0 Å². The van der Waals surface area contributed by atoms with Crippen molar-refractivity contribution in [1.82, 2.24) is 20.1 Å². The molecule has 5 heteroatoms. The Balaban J connectivity index is 2.46. The van der Waals surface area contributed by atoms with Gasteiger partial charge in [-0.15, -0.1) is 0 Å². The van der Waals surface area contributed by atoms with Crippen LogP contribution in [0.1, 0.15) is 0 Å². The highest BCUT2D eigenvalue weighted by Crippen LogP contribution is 2.04. The summed E-state index contributed by atoms with van der Waals surface area (Å²) in [5, 5.41) is 3.58. The molecule has 2 aromatic heterocycles. The van der Waals surface area contributed by atoms with Crippen molar-refractivity contribution in [3.8, 4) is 11.6 Å². The Bertz CT molecular complexity index is 318. The lowest BCUT2D eigenvalue weighted by molar-refractivity contribution is 0.418. The fraction of sp³-hybridized carbons (Fsp3) is 0. The quantitative estimate of drug-likeness (QED) is 0.590. The molecule has 0 atom stereocenters. The molecular weight excluding hydrogens is 144 g/mol. The third-order valence-corrected chi connectivity index (χ3v) is 1.13. The minimum absolute atomic E-state index is 0.408. The standard InChI is InChI=1S/C6H4N4O/c1-2-7-5(8-3-1)6-9-4-11-10-6/h1-4H. The molecule has 5 nitrogen and oxygen atoms in total. The lowest BCUT2D eigenvalue weighted by Crippen LogP contribution is -1.87. The van der Waals surface area contributed by atoms with E-state index in [-0.39, 0.29) is 0 Å². The van der Waals surface area contributed by atoms with Crippen LogP contribution in [-0.4, -0.2) is 20.1 Å². The van der Waals surface area contributed by atoms with Gasteiger partial charge >= 0.3 is 0 Å². The summed E-state index contributed by atoms with van der Waals surface area (Å²) in [5.74, 6) is 0.881. The van der Waals surface area contributed by atoms with Crippen molar-refractivity contribution >= 4 is 0 Å². The third kappa shape index (κ3) is 1.07. The van der Waals surface area contributed by atoms with E-state index in [9.17, 15) is 0 Å². The van der Waals surface area contributed by atoms with Crippen LogP contribution in [0.25, 0.3) is 11.6 Å². The van der Waals surface area contributed by atoms with Crippen molar-refractivity contribution in [2.24, 2.45) is 0 Å². The van der Waals surface area contributed by atoms with E-state index in [2.05, 4.69) is 24.6 Å². The molecule has 0 aliphatic carbocycles. The summed E-state index contributed by atoms with van der Waals surface area (Å²) in [6.07, 6.45) is 4.49. The fourth-order valence-corrected chi connectivity index (χ4v) is 0.684. The molecule has 2 heterocycles. The Labute approximate surface area is 62.1 Å². The number of rotatable bonds is 1. The summed E-state index contributed by atoms with van der Waals surface area (Å²) in [4.78, 5) is 11.6. The molecule has 0 unspecified atom stereocenters. The van der Waals surface area contributed by atoms with Gasteiger partial charge in [0, 0.05) is 12.4 Å². The molecule has 0 bridgehead atoms. The van der Waals surface area contributed by atoms with Crippen LogP contribution in [0.5, 0.6) is 0 Å². The predicted octanol–water partition coefficient (Wildman–Crippen LogP) is 0.527. The van der Waals surface area contributed by atoms with Gasteiger partial charge in [-0.05, 0) is 6.07 Å². The number of hydrogen-bond donors (Lipinski definition) is 0. The molecule has 0 saturated carbocycles. The normalized spacial score (nSPS) is 9.82. The highest BCUT2D eigenvalue weighted by molar-refractivity contribution is 5.39. The van der Waals surface area contributed by atoms with Gasteiger partial charge in [0.25, 0.3) is 0 Å². The minimum Gasteiger partial charge on any atom is -0.342 e. The average Bonchev–Trinajstić information content (AvgIpc) is 2.58. The number of aromatic nitrogens is 4. The molecule has 0 aliphatic heterocycles. The van der Waals surface area contributed by atoms with Gasteiger partial charge in [0.2, 0.25) is 18.0 Å². The number of nitrogens with zero attached hydrogens (tertiary/aromatic N) is 4. The van der Waals surface area contributed by atoms with Gasteiger partial charge in [-0.3, -0.25) is 0 Å². The Morgan fingerprint density at radius 3 is 2.45 bits per heavy atom. The van der Waals surface area contributed by atoms with Gasteiger partial charge < -0.3 is 4.52 Å². The van der Waals surface area contributed by atoms with E-state index < -0.39 is 0 Å². The lowest BCUT2D eigenvalue weighted by atomic mass is 10.5. The molecule has 0 aliphatic rings. The van der Waals surface area contributed by atoms with Crippen molar-refractivity contribution in [2.45, 2.75) is 0 Å². The number of hydrogen-bond acceptors (Lipinski definition) is 5. The molecule has 0 spiro atoms. The second-order valence-electron chi connectivity index (χ2n) is 1.83. The van der Waals surface area contributed by atoms with Crippen LogP contribution in [-0.2, 0) is 0 Å². The monoisotopic (exact) mass is 148 g/mol. The summed E-state index contributed by atoms with van der Waals surface area (Å²) in [5.41, 5.74) is 0. The molecule has 0 saturated heterocycles. The van der Waals surface area contributed by atoms with E-state index >= 15 is 0 Å². The Hall–Kier alpha value is -1.78. The van der Waals surface area contributed by atoms with Crippen LogP contribution < -0.4 is 0 Å². The van der Waals surface area contributed by atoms with Gasteiger partial charge in [0.15, 0.2) is 0 Å². The van der Waals surface area contributed by atoms with Crippen LogP contribution in [0, 0.1) is 0 Å². The van der Waals surface area contributed by atoms with Gasteiger partial charge in [-0.1, -0.05) is 5.16 Å². The first kappa shape index (κ1) is 5.96. The maximum Gasteiger partial charge on any atom is 0.239 e. The van der Waals surface area contributed by atoms with Crippen LogP contribution in [0.2, 0.25) is 0 Å². The molecule has 11 heavy (non-hydrogen) atoms. The van der Waals surface area contributed by atoms with Gasteiger partial charge in [0.05, 0.1) is 0 Å². The molecule has 2 rings (SSSR count). The van der Waals surface area contributed by atoms with Crippen molar-refractivity contribution in [2.75, 3.05) is 0 Å². The minimum atomic E-state index is 0.408. The van der Waals surface area contributed by atoms with Gasteiger partial charge in [-0.25, -0.2) is 9.97 Å². The van der Waals surface area contributed by atoms with E-state index in [0.717, 1.165) is 0 Å². The Morgan fingerprint density at radius 1 is 1.00 bits per heavy atom. The fourth-order valence-electron chi connectivity index (χ4n) is 0.684. The summed E-state index contributed by atoms with van der Waals surface area (Å²) in [7, 11) is 0. The topological polar surface area (TPSA) is 64.7 Å². The first-order valence-corrected chi connectivity index (χ1v) is 3.00. The maximum absolute atomic E-state index is 4.53. The predicted molar refractivity (Wildman–Crippen MR) is 35.3 cm³/mol.